The molecule has 0 aromatic heterocycles. The van der Waals surface area contributed by atoms with Crippen molar-refractivity contribution in [2.24, 2.45) is 5.92 Å². The van der Waals surface area contributed by atoms with Gasteiger partial charge >= 0.3 is 0 Å². The number of aryl methyl sites for hydroxylation is 1. The van der Waals surface area contributed by atoms with Crippen molar-refractivity contribution in [2.75, 3.05) is 6.54 Å². The van der Waals surface area contributed by atoms with Gasteiger partial charge in [0.15, 0.2) is 0 Å². The third-order valence-electron chi connectivity index (χ3n) is 5.06. The molecule has 0 unspecified atom stereocenters. The van der Waals surface area contributed by atoms with Crippen molar-refractivity contribution in [2.45, 2.75) is 53.1 Å². The number of carbonyl (C=O) groups excluding carboxylic acids is 2. The van der Waals surface area contributed by atoms with E-state index in [9.17, 15) is 14.0 Å². The molecule has 0 aliphatic rings. The Kier molecular flexibility index (Phi) is 8.85. The summed E-state index contributed by atoms with van der Waals surface area (Å²) >= 11 is 6.13. The largest absolute Gasteiger partial charge is 0.354 e. The van der Waals surface area contributed by atoms with Gasteiger partial charge in [0.1, 0.15) is 11.9 Å². The summed E-state index contributed by atoms with van der Waals surface area (Å²) in [5.74, 6) is -0.766. The number of nitrogens with zero attached hydrogens (tertiary/aromatic N) is 1. The average molecular weight is 433 g/mol. The Labute approximate surface area is 183 Å². The quantitative estimate of drug-likeness (QED) is 0.612. The van der Waals surface area contributed by atoms with Crippen molar-refractivity contribution in [3.63, 3.8) is 0 Å². The number of hydrogen-bond donors (Lipinski definition) is 1. The minimum atomic E-state index is -0.651. The molecule has 6 heteroatoms. The molecule has 2 amide bonds. The van der Waals surface area contributed by atoms with Gasteiger partial charge in [0.25, 0.3) is 0 Å². The second-order valence-electron chi connectivity index (χ2n) is 7.89. The molecule has 0 aliphatic heterocycles. The molecular weight excluding hydrogens is 403 g/mol. The Morgan fingerprint density at radius 1 is 1.13 bits per heavy atom. The first-order chi connectivity index (χ1) is 14.2. The normalized spacial score (nSPS) is 12.0. The summed E-state index contributed by atoms with van der Waals surface area (Å²) in [4.78, 5) is 27.7. The lowest BCUT2D eigenvalue weighted by Gasteiger charge is -2.31. The fourth-order valence-corrected chi connectivity index (χ4v) is 3.50. The van der Waals surface area contributed by atoms with Crippen LogP contribution in [0.3, 0.4) is 0 Å². The first-order valence-corrected chi connectivity index (χ1v) is 10.7. The van der Waals surface area contributed by atoms with Crippen LogP contribution in [-0.4, -0.2) is 29.3 Å². The summed E-state index contributed by atoms with van der Waals surface area (Å²) < 4.78 is 14.3. The highest BCUT2D eigenvalue weighted by Gasteiger charge is 2.29. The van der Waals surface area contributed by atoms with Gasteiger partial charge in [-0.05, 0) is 42.5 Å². The van der Waals surface area contributed by atoms with E-state index in [1.807, 2.05) is 52.0 Å². The van der Waals surface area contributed by atoms with Gasteiger partial charge in [0, 0.05) is 23.7 Å². The number of hydrogen-bond acceptors (Lipinski definition) is 2. The highest BCUT2D eigenvalue weighted by atomic mass is 35.5. The van der Waals surface area contributed by atoms with Crippen LogP contribution in [0.15, 0.2) is 42.5 Å². The maximum atomic E-state index is 14.3. The monoisotopic (exact) mass is 432 g/mol. The minimum Gasteiger partial charge on any atom is -0.354 e. The zero-order valence-corrected chi connectivity index (χ0v) is 18.8. The van der Waals surface area contributed by atoms with Crippen molar-refractivity contribution >= 4 is 23.4 Å². The molecule has 162 valence electrons. The summed E-state index contributed by atoms with van der Waals surface area (Å²) in [6.07, 6.45) is 0.248. The molecule has 0 fully saturated rings. The van der Waals surface area contributed by atoms with Gasteiger partial charge in [-0.3, -0.25) is 9.59 Å². The molecule has 1 atom stereocenters. The Hall–Kier alpha value is -2.40. The summed E-state index contributed by atoms with van der Waals surface area (Å²) in [6.45, 7) is 8.65. The van der Waals surface area contributed by atoms with Crippen LogP contribution in [0, 0.1) is 18.7 Å². The van der Waals surface area contributed by atoms with Crippen molar-refractivity contribution in [1.82, 2.24) is 10.2 Å². The summed E-state index contributed by atoms with van der Waals surface area (Å²) in [5, 5.41) is 3.13. The second-order valence-corrected chi connectivity index (χ2v) is 8.30. The molecule has 0 radical (unpaired) electrons. The Morgan fingerprint density at radius 2 is 1.83 bits per heavy atom. The molecule has 2 rings (SSSR count). The van der Waals surface area contributed by atoms with Crippen molar-refractivity contribution < 1.29 is 14.0 Å². The van der Waals surface area contributed by atoms with Gasteiger partial charge in [0.05, 0.1) is 6.42 Å². The Morgan fingerprint density at radius 3 is 2.43 bits per heavy atom. The van der Waals surface area contributed by atoms with E-state index < -0.39 is 11.9 Å². The van der Waals surface area contributed by atoms with Gasteiger partial charge in [-0.2, -0.15) is 0 Å². The van der Waals surface area contributed by atoms with Gasteiger partial charge in [-0.25, -0.2) is 4.39 Å². The van der Waals surface area contributed by atoms with Gasteiger partial charge in [-0.15, -0.1) is 0 Å². The molecule has 0 saturated heterocycles. The minimum absolute atomic E-state index is 0.149. The van der Waals surface area contributed by atoms with Gasteiger partial charge in [0.2, 0.25) is 11.8 Å². The van der Waals surface area contributed by atoms with Crippen molar-refractivity contribution in [1.29, 1.82) is 0 Å². The van der Waals surface area contributed by atoms with Crippen LogP contribution in [0.5, 0.6) is 0 Å². The number of halogens is 2. The molecule has 1 N–H and O–H groups in total. The highest BCUT2D eigenvalue weighted by molar-refractivity contribution is 6.31. The lowest BCUT2D eigenvalue weighted by molar-refractivity contribution is -0.141. The SMILES string of the molecule is CC[C@H](C(=O)NCC(C)C)N(Cc1ccccc1C)C(=O)Cc1c(F)cccc1Cl. The van der Waals surface area contributed by atoms with Crippen LogP contribution in [0.25, 0.3) is 0 Å². The van der Waals surface area contributed by atoms with E-state index in [1.54, 1.807) is 11.0 Å². The highest BCUT2D eigenvalue weighted by Crippen LogP contribution is 2.22. The number of benzene rings is 2. The van der Waals surface area contributed by atoms with E-state index in [0.717, 1.165) is 11.1 Å². The first kappa shape index (κ1) is 23.9. The van der Waals surface area contributed by atoms with E-state index in [4.69, 9.17) is 11.6 Å². The van der Waals surface area contributed by atoms with E-state index in [1.165, 1.54) is 12.1 Å². The molecule has 0 bridgehead atoms. The standard InChI is InChI=1S/C24H30ClFN2O2/c1-5-22(24(30)27-14-16(2)3)28(15-18-10-7-6-9-17(18)4)23(29)13-19-20(25)11-8-12-21(19)26/h6-12,16,22H,5,13-15H2,1-4H3,(H,27,30)/t22-/m1/s1. The maximum Gasteiger partial charge on any atom is 0.242 e. The second kappa shape index (κ2) is 11.1. The number of carbonyl (C=O) groups is 2. The molecular formula is C24H30ClFN2O2. The van der Waals surface area contributed by atoms with Crippen LogP contribution in [0.4, 0.5) is 4.39 Å². The Balaban J connectivity index is 2.35. The number of nitrogens with one attached hydrogen (secondary N) is 1. The number of amides is 2. The van der Waals surface area contributed by atoms with E-state index in [0.29, 0.717) is 18.9 Å². The molecule has 2 aromatic carbocycles. The zero-order chi connectivity index (χ0) is 22.3. The third-order valence-corrected chi connectivity index (χ3v) is 5.42. The fraction of sp³-hybridized carbons (Fsp3) is 0.417. The molecule has 0 aliphatic carbocycles. The topological polar surface area (TPSA) is 49.4 Å². The van der Waals surface area contributed by atoms with E-state index in [-0.39, 0.29) is 35.4 Å². The molecule has 0 spiro atoms. The molecule has 4 nitrogen and oxygen atoms in total. The smallest absolute Gasteiger partial charge is 0.242 e. The average Bonchev–Trinajstić information content (AvgIpc) is 2.70. The molecule has 2 aromatic rings. The van der Waals surface area contributed by atoms with Crippen molar-refractivity contribution in [3.8, 4) is 0 Å². The lowest BCUT2D eigenvalue weighted by atomic mass is 10.0. The van der Waals surface area contributed by atoms with Crippen LogP contribution in [-0.2, 0) is 22.6 Å². The van der Waals surface area contributed by atoms with Crippen LogP contribution in [0.1, 0.15) is 43.9 Å². The summed E-state index contributed by atoms with van der Waals surface area (Å²) in [5.41, 5.74) is 2.12. The lowest BCUT2D eigenvalue weighted by Crippen LogP contribution is -2.50. The van der Waals surface area contributed by atoms with Crippen LogP contribution in [0.2, 0.25) is 5.02 Å². The van der Waals surface area contributed by atoms with Crippen LogP contribution < -0.4 is 5.32 Å². The predicted octanol–water partition coefficient (Wildman–Crippen LogP) is 4.91. The molecule has 0 heterocycles. The van der Waals surface area contributed by atoms with E-state index in [2.05, 4.69) is 5.32 Å². The summed E-state index contributed by atoms with van der Waals surface area (Å²) in [7, 11) is 0. The Bertz CT molecular complexity index is 865. The first-order valence-electron chi connectivity index (χ1n) is 10.3. The van der Waals surface area contributed by atoms with Gasteiger partial charge < -0.3 is 10.2 Å². The molecule has 0 saturated carbocycles. The molecule has 30 heavy (non-hydrogen) atoms. The van der Waals surface area contributed by atoms with E-state index >= 15 is 0 Å². The third kappa shape index (κ3) is 6.30. The zero-order valence-electron chi connectivity index (χ0n) is 18.0. The number of rotatable bonds is 9. The predicted molar refractivity (Wildman–Crippen MR) is 119 cm³/mol. The van der Waals surface area contributed by atoms with Gasteiger partial charge in [-0.1, -0.05) is 62.7 Å². The van der Waals surface area contributed by atoms with Crippen molar-refractivity contribution in [3.05, 3.63) is 70.0 Å². The summed E-state index contributed by atoms with van der Waals surface area (Å²) in [6, 6.07) is 11.4. The van der Waals surface area contributed by atoms with Crippen LogP contribution >= 0.6 is 11.6 Å². The fourth-order valence-electron chi connectivity index (χ4n) is 3.27. The maximum absolute atomic E-state index is 14.3.